The van der Waals surface area contributed by atoms with Crippen molar-refractivity contribution in [1.29, 1.82) is 0 Å². The van der Waals surface area contributed by atoms with E-state index in [1.165, 1.54) is 36.5 Å². The fourth-order valence-corrected chi connectivity index (χ4v) is 3.59. The van der Waals surface area contributed by atoms with E-state index in [1.807, 2.05) is 0 Å². The number of Topliss-reactive ketones (excluding diaryl/α,β-unsaturated/α-hetero) is 1. The highest BCUT2D eigenvalue weighted by molar-refractivity contribution is 7.90. The Morgan fingerprint density at radius 1 is 1.11 bits per heavy atom. The molecule has 0 unspecified atom stereocenters. The third kappa shape index (κ3) is 4.48. The summed E-state index contributed by atoms with van der Waals surface area (Å²) in [5.41, 5.74) is 0.590. The van der Waals surface area contributed by atoms with Crippen molar-refractivity contribution in [2.75, 3.05) is 26.0 Å². The molecule has 1 amide bonds. The number of nitrogens with one attached hydrogen (secondary N) is 1. The van der Waals surface area contributed by atoms with Crippen molar-refractivity contribution in [3.8, 4) is 0 Å². The van der Waals surface area contributed by atoms with E-state index in [4.69, 9.17) is 4.74 Å². The zero-order valence-corrected chi connectivity index (χ0v) is 16.1. The van der Waals surface area contributed by atoms with Gasteiger partial charge in [-0.05, 0) is 37.1 Å². The molecule has 1 N–H and O–H groups in total. The predicted octanol–water partition coefficient (Wildman–Crippen LogP) is 1.69. The highest BCUT2D eigenvalue weighted by Crippen LogP contribution is 2.15. The molecule has 1 saturated heterocycles. The van der Waals surface area contributed by atoms with Crippen LogP contribution < -0.4 is 0 Å². The summed E-state index contributed by atoms with van der Waals surface area (Å²) in [6.45, 7) is 0.883. The van der Waals surface area contributed by atoms with E-state index in [-0.39, 0.29) is 21.9 Å². The monoisotopic (exact) mass is 404 g/mol. The lowest BCUT2D eigenvalue weighted by molar-refractivity contribution is 0.0474. The number of benzene rings is 1. The Kier molecular flexibility index (Phi) is 5.64. The number of carbonyl (C=O) groups excluding carboxylic acids is 3. The number of carbonyl (C=O) groups is 3. The normalized spacial score (nSPS) is 14.1. The SMILES string of the molecule is CS(=O)(=O)c1cccc(C(=O)OCC(=O)c2c[nH]c(C(=O)N3CCCC3)c2)c1. The van der Waals surface area contributed by atoms with Gasteiger partial charge in [-0.3, -0.25) is 9.59 Å². The van der Waals surface area contributed by atoms with Gasteiger partial charge in [-0.25, -0.2) is 13.2 Å². The molecule has 1 aromatic heterocycles. The molecule has 2 heterocycles. The molecule has 1 fully saturated rings. The Morgan fingerprint density at radius 2 is 1.82 bits per heavy atom. The molecule has 1 aliphatic rings. The van der Waals surface area contributed by atoms with Crippen molar-refractivity contribution in [2.45, 2.75) is 17.7 Å². The molecule has 0 bridgehead atoms. The quantitative estimate of drug-likeness (QED) is 0.579. The molecule has 148 valence electrons. The summed E-state index contributed by atoms with van der Waals surface area (Å²) in [5.74, 6) is -1.43. The number of rotatable bonds is 6. The molecule has 8 nitrogen and oxygen atoms in total. The Morgan fingerprint density at radius 3 is 2.50 bits per heavy atom. The Balaban J connectivity index is 1.61. The summed E-state index contributed by atoms with van der Waals surface area (Å²) >= 11 is 0. The van der Waals surface area contributed by atoms with Crippen LogP contribution in [0.15, 0.2) is 41.4 Å². The first-order chi connectivity index (χ1) is 13.3. The van der Waals surface area contributed by atoms with Crippen LogP contribution in [0.2, 0.25) is 0 Å². The van der Waals surface area contributed by atoms with Gasteiger partial charge in [-0.15, -0.1) is 0 Å². The van der Waals surface area contributed by atoms with E-state index in [0.717, 1.165) is 19.1 Å². The minimum absolute atomic E-state index is 0.0102. The van der Waals surface area contributed by atoms with Crippen molar-refractivity contribution < 1.29 is 27.5 Å². The number of hydrogen-bond donors (Lipinski definition) is 1. The molecular weight excluding hydrogens is 384 g/mol. The number of sulfone groups is 1. The molecule has 1 aliphatic heterocycles. The van der Waals surface area contributed by atoms with E-state index in [9.17, 15) is 22.8 Å². The number of H-pyrrole nitrogens is 1. The highest BCUT2D eigenvalue weighted by Gasteiger charge is 2.22. The summed E-state index contributed by atoms with van der Waals surface area (Å²) in [5, 5.41) is 0. The largest absolute Gasteiger partial charge is 0.454 e. The second-order valence-electron chi connectivity index (χ2n) is 6.60. The third-order valence-electron chi connectivity index (χ3n) is 4.46. The van der Waals surface area contributed by atoms with Gasteiger partial charge in [-0.2, -0.15) is 0 Å². The zero-order valence-electron chi connectivity index (χ0n) is 15.3. The van der Waals surface area contributed by atoms with Gasteiger partial charge < -0.3 is 14.6 Å². The standard InChI is InChI=1S/C19H20N2O6S/c1-28(25,26)15-6-4-5-13(9-15)19(24)27-12-17(22)14-10-16(20-11-14)18(23)21-7-2-3-8-21/h4-6,9-11,20H,2-3,7-8,12H2,1H3. The summed E-state index contributed by atoms with van der Waals surface area (Å²) in [7, 11) is -3.46. The van der Waals surface area contributed by atoms with Crippen LogP contribution in [0.5, 0.6) is 0 Å². The Bertz CT molecular complexity index is 1020. The lowest BCUT2D eigenvalue weighted by Gasteiger charge is -2.13. The Labute approximate surface area is 162 Å². The van der Waals surface area contributed by atoms with Gasteiger partial charge in [0.1, 0.15) is 5.69 Å². The van der Waals surface area contributed by atoms with Crippen LogP contribution in [0.1, 0.15) is 44.0 Å². The van der Waals surface area contributed by atoms with Gasteiger partial charge in [0.05, 0.1) is 10.5 Å². The second kappa shape index (κ2) is 7.97. The average Bonchev–Trinajstić information content (AvgIpc) is 3.36. The van der Waals surface area contributed by atoms with Crippen LogP contribution in [0.3, 0.4) is 0 Å². The van der Waals surface area contributed by atoms with Gasteiger partial charge >= 0.3 is 5.97 Å². The first-order valence-electron chi connectivity index (χ1n) is 8.74. The number of aromatic amines is 1. The number of hydrogen-bond acceptors (Lipinski definition) is 6. The molecule has 1 aromatic carbocycles. The molecule has 28 heavy (non-hydrogen) atoms. The van der Waals surface area contributed by atoms with Crippen molar-refractivity contribution in [2.24, 2.45) is 0 Å². The van der Waals surface area contributed by atoms with E-state index in [2.05, 4.69) is 4.98 Å². The van der Waals surface area contributed by atoms with Crippen LogP contribution in [-0.4, -0.2) is 61.9 Å². The summed E-state index contributed by atoms with van der Waals surface area (Å²) in [4.78, 5) is 41.1. The van der Waals surface area contributed by atoms with Crippen molar-refractivity contribution in [3.63, 3.8) is 0 Å². The minimum atomic E-state index is -3.46. The lowest BCUT2D eigenvalue weighted by Crippen LogP contribution is -2.27. The minimum Gasteiger partial charge on any atom is -0.454 e. The molecule has 0 radical (unpaired) electrons. The maximum atomic E-state index is 12.3. The topological polar surface area (TPSA) is 114 Å². The summed E-state index contributed by atoms with van der Waals surface area (Å²) in [6.07, 6.45) is 4.38. The number of nitrogens with zero attached hydrogens (tertiary/aromatic N) is 1. The van der Waals surface area contributed by atoms with Crippen LogP contribution in [0.25, 0.3) is 0 Å². The molecule has 9 heteroatoms. The van der Waals surface area contributed by atoms with Crippen molar-refractivity contribution in [1.82, 2.24) is 9.88 Å². The van der Waals surface area contributed by atoms with E-state index >= 15 is 0 Å². The van der Waals surface area contributed by atoms with E-state index in [0.29, 0.717) is 18.8 Å². The Hall–Kier alpha value is -2.94. The van der Waals surface area contributed by atoms with Gasteiger partial charge in [0.2, 0.25) is 5.78 Å². The predicted molar refractivity (Wildman–Crippen MR) is 100 cm³/mol. The number of ether oxygens (including phenoxy) is 1. The zero-order chi connectivity index (χ0) is 20.3. The first kappa shape index (κ1) is 19.8. The fourth-order valence-electron chi connectivity index (χ4n) is 2.92. The maximum absolute atomic E-state index is 12.3. The summed E-state index contributed by atoms with van der Waals surface area (Å²) in [6, 6.07) is 6.85. The molecule has 0 aliphatic carbocycles. The van der Waals surface area contributed by atoms with Gasteiger partial charge in [-0.1, -0.05) is 6.07 Å². The third-order valence-corrected chi connectivity index (χ3v) is 5.57. The van der Waals surface area contributed by atoms with E-state index in [1.54, 1.807) is 4.90 Å². The van der Waals surface area contributed by atoms with E-state index < -0.39 is 28.2 Å². The lowest BCUT2D eigenvalue weighted by atomic mass is 10.2. The second-order valence-corrected chi connectivity index (χ2v) is 8.62. The number of likely N-dealkylation sites (tertiary alicyclic amines) is 1. The van der Waals surface area contributed by atoms with Crippen LogP contribution in [-0.2, 0) is 14.6 Å². The van der Waals surface area contributed by atoms with Gasteiger partial charge in [0, 0.05) is 31.1 Å². The van der Waals surface area contributed by atoms with Gasteiger partial charge in [0.25, 0.3) is 5.91 Å². The fraction of sp³-hybridized carbons (Fsp3) is 0.316. The van der Waals surface area contributed by atoms with Crippen molar-refractivity contribution in [3.05, 3.63) is 53.3 Å². The number of esters is 1. The molecule has 0 saturated carbocycles. The molecule has 2 aromatic rings. The molecular formula is C19H20N2O6S. The first-order valence-corrected chi connectivity index (χ1v) is 10.6. The van der Waals surface area contributed by atoms with Crippen LogP contribution in [0, 0.1) is 0 Å². The maximum Gasteiger partial charge on any atom is 0.338 e. The number of aromatic nitrogens is 1. The number of ketones is 1. The molecule has 0 atom stereocenters. The molecule has 0 spiro atoms. The average molecular weight is 404 g/mol. The molecule has 3 rings (SSSR count). The van der Waals surface area contributed by atoms with Gasteiger partial charge in [0.15, 0.2) is 16.4 Å². The number of amides is 1. The highest BCUT2D eigenvalue weighted by atomic mass is 32.2. The van der Waals surface area contributed by atoms with Crippen LogP contribution >= 0.6 is 0 Å². The summed E-state index contributed by atoms with van der Waals surface area (Å²) < 4.78 is 28.1. The van der Waals surface area contributed by atoms with Crippen LogP contribution in [0.4, 0.5) is 0 Å². The van der Waals surface area contributed by atoms with Crippen molar-refractivity contribution >= 4 is 27.5 Å². The smallest absolute Gasteiger partial charge is 0.338 e.